The summed E-state index contributed by atoms with van der Waals surface area (Å²) < 4.78 is 16.9. The van der Waals surface area contributed by atoms with Crippen LogP contribution in [0.5, 0.6) is 0 Å². The number of rotatable bonds is 55. The Hall–Kier alpha value is -4.19. The third kappa shape index (κ3) is 60.6. The molecule has 0 saturated heterocycles. The van der Waals surface area contributed by atoms with Gasteiger partial charge in [-0.1, -0.05) is 251 Å². The van der Waals surface area contributed by atoms with Gasteiger partial charge in [-0.2, -0.15) is 0 Å². The Bertz CT molecular complexity index is 1570. The van der Waals surface area contributed by atoms with Crippen molar-refractivity contribution in [2.45, 2.75) is 284 Å². The van der Waals surface area contributed by atoms with Gasteiger partial charge in [-0.05, 0) is 128 Å². The van der Waals surface area contributed by atoms with Crippen LogP contribution in [0.15, 0.2) is 122 Å². The Kier molecular flexibility index (Phi) is 58.9. The summed E-state index contributed by atoms with van der Waals surface area (Å²) in [6.07, 6.45) is 86.3. The molecule has 6 heteroatoms. The number of carbonyl (C=O) groups is 3. The van der Waals surface area contributed by atoms with Gasteiger partial charge in [0.2, 0.25) is 0 Å². The summed E-state index contributed by atoms with van der Waals surface area (Å²) in [5.41, 5.74) is 0. The summed E-state index contributed by atoms with van der Waals surface area (Å²) in [7, 11) is 0. The SMILES string of the molecule is CC/C=C\C/C=C\C/C=C\C/C=C\C/C=C\C/C=C\CCCCCCCCCCCCC(=O)OCC(COC(=O)CCCCCCC/C=C\C/C=C\CCC)OC(=O)CCCCCCC/C=C\C/C=C\CCCCC. The molecule has 0 aliphatic carbocycles. The molecule has 0 rings (SSSR count). The fourth-order valence-electron chi connectivity index (χ4n) is 8.28. The van der Waals surface area contributed by atoms with E-state index in [0.29, 0.717) is 19.3 Å². The quantitative estimate of drug-likeness (QED) is 0.0261. The largest absolute Gasteiger partial charge is 0.462 e. The van der Waals surface area contributed by atoms with Gasteiger partial charge < -0.3 is 14.2 Å². The molecule has 0 saturated carbocycles. The number of allylic oxidation sites excluding steroid dienone is 20. The lowest BCUT2D eigenvalue weighted by Gasteiger charge is -2.18. The zero-order chi connectivity index (χ0) is 54.3. The van der Waals surface area contributed by atoms with Gasteiger partial charge in [0.1, 0.15) is 13.2 Å². The van der Waals surface area contributed by atoms with Crippen molar-refractivity contribution in [2.75, 3.05) is 13.2 Å². The molecule has 0 heterocycles. The van der Waals surface area contributed by atoms with Crippen molar-refractivity contribution in [3.05, 3.63) is 122 Å². The molecule has 0 aromatic carbocycles. The summed E-state index contributed by atoms with van der Waals surface area (Å²) in [4.78, 5) is 38.2. The second kappa shape index (κ2) is 62.4. The van der Waals surface area contributed by atoms with Crippen LogP contribution >= 0.6 is 0 Å². The Balaban J connectivity index is 4.30. The molecular formula is C69H114O6. The maximum atomic E-state index is 12.9. The molecule has 0 aromatic heterocycles. The van der Waals surface area contributed by atoms with Gasteiger partial charge in [0.25, 0.3) is 0 Å². The minimum Gasteiger partial charge on any atom is -0.462 e. The predicted octanol–water partition coefficient (Wildman–Crippen LogP) is 21.2. The smallest absolute Gasteiger partial charge is 0.306 e. The third-order valence-electron chi connectivity index (χ3n) is 12.9. The first-order valence-corrected chi connectivity index (χ1v) is 31.0. The van der Waals surface area contributed by atoms with E-state index in [-0.39, 0.29) is 31.1 Å². The molecule has 6 nitrogen and oxygen atoms in total. The van der Waals surface area contributed by atoms with Gasteiger partial charge in [-0.15, -0.1) is 0 Å². The summed E-state index contributed by atoms with van der Waals surface area (Å²) in [6.45, 7) is 6.41. The monoisotopic (exact) mass is 1040 g/mol. The fourth-order valence-corrected chi connectivity index (χ4v) is 8.28. The van der Waals surface area contributed by atoms with Crippen LogP contribution in [0.4, 0.5) is 0 Å². The van der Waals surface area contributed by atoms with Crippen molar-refractivity contribution in [1.29, 1.82) is 0 Å². The zero-order valence-corrected chi connectivity index (χ0v) is 48.8. The molecule has 0 aliphatic rings. The van der Waals surface area contributed by atoms with E-state index in [2.05, 4.69) is 142 Å². The first-order valence-electron chi connectivity index (χ1n) is 31.0. The van der Waals surface area contributed by atoms with E-state index in [9.17, 15) is 14.4 Å². The maximum Gasteiger partial charge on any atom is 0.306 e. The third-order valence-corrected chi connectivity index (χ3v) is 12.9. The molecule has 0 N–H and O–H groups in total. The lowest BCUT2D eigenvalue weighted by atomic mass is 10.1. The van der Waals surface area contributed by atoms with E-state index >= 15 is 0 Å². The van der Waals surface area contributed by atoms with Crippen molar-refractivity contribution in [3.63, 3.8) is 0 Å². The summed E-state index contributed by atoms with van der Waals surface area (Å²) in [5, 5.41) is 0. The fraction of sp³-hybridized carbons (Fsp3) is 0.667. The molecular weight excluding hydrogens is 925 g/mol. The molecule has 1 unspecified atom stereocenters. The highest BCUT2D eigenvalue weighted by Gasteiger charge is 2.19. The van der Waals surface area contributed by atoms with Crippen LogP contribution in [0.3, 0.4) is 0 Å². The highest BCUT2D eigenvalue weighted by molar-refractivity contribution is 5.71. The van der Waals surface area contributed by atoms with E-state index in [1.807, 2.05) is 0 Å². The van der Waals surface area contributed by atoms with E-state index in [0.717, 1.165) is 154 Å². The van der Waals surface area contributed by atoms with Crippen LogP contribution in [-0.4, -0.2) is 37.2 Å². The van der Waals surface area contributed by atoms with Gasteiger partial charge in [0, 0.05) is 19.3 Å². The average molecular weight is 1040 g/mol. The predicted molar refractivity (Wildman–Crippen MR) is 325 cm³/mol. The lowest BCUT2D eigenvalue weighted by molar-refractivity contribution is -0.167. The van der Waals surface area contributed by atoms with Crippen molar-refractivity contribution in [2.24, 2.45) is 0 Å². The van der Waals surface area contributed by atoms with Crippen molar-refractivity contribution >= 4 is 17.9 Å². The molecule has 0 fully saturated rings. The molecule has 75 heavy (non-hydrogen) atoms. The number of hydrogen-bond donors (Lipinski definition) is 0. The topological polar surface area (TPSA) is 78.9 Å². The molecule has 0 aromatic rings. The van der Waals surface area contributed by atoms with Crippen molar-refractivity contribution in [3.8, 4) is 0 Å². The maximum absolute atomic E-state index is 12.9. The molecule has 0 amide bonds. The summed E-state index contributed by atoms with van der Waals surface area (Å²) in [6, 6.07) is 0. The van der Waals surface area contributed by atoms with Gasteiger partial charge in [-0.25, -0.2) is 0 Å². The van der Waals surface area contributed by atoms with Gasteiger partial charge >= 0.3 is 17.9 Å². The summed E-state index contributed by atoms with van der Waals surface area (Å²) >= 11 is 0. The number of esters is 3. The molecule has 0 spiro atoms. The van der Waals surface area contributed by atoms with Crippen molar-refractivity contribution in [1.82, 2.24) is 0 Å². The Morgan fingerprint density at radius 3 is 0.867 bits per heavy atom. The first-order chi connectivity index (χ1) is 37.0. The molecule has 426 valence electrons. The van der Waals surface area contributed by atoms with E-state index < -0.39 is 6.10 Å². The minimum absolute atomic E-state index is 0.0924. The van der Waals surface area contributed by atoms with Crippen LogP contribution in [0, 0.1) is 0 Å². The normalized spacial score (nSPS) is 12.9. The average Bonchev–Trinajstić information content (AvgIpc) is 3.41. The van der Waals surface area contributed by atoms with Crippen molar-refractivity contribution < 1.29 is 28.6 Å². The second-order valence-electron chi connectivity index (χ2n) is 20.2. The van der Waals surface area contributed by atoms with E-state index in [1.54, 1.807) is 0 Å². The Morgan fingerprint density at radius 2 is 0.547 bits per heavy atom. The number of ether oxygens (including phenoxy) is 3. The van der Waals surface area contributed by atoms with Gasteiger partial charge in [0.05, 0.1) is 0 Å². The van der Waals surface area contributed by atoms with Crippen LogP contribution in [-0.2, 0) is 28.6 Å². The van der Waals surface area contributed by atoms with Crippen LogP contribution in [0.25, 0.3) is 0 Å². The lowest BCUT2D eigenvalue weighted by Crippen LogP contribution is -2.30. The first kappa shape index (κ1) is 70.8. The highest BCUT2D eigenvalue weighted by Crippen LogP contribution is 2.15. The van der Waals surface area contributed by atoms with Crippen LogP contribution in [0.1, 0.15) is 278 Å². The van der Waals surface area contributed by atoms with Crippen LogP contribution < -0.4 is 0 Å². The van der Waals surface area contributed by atoms with Gasteiger partial charge in [0.15, 0.2) is 6.10 Å². The number of carbonyl (C=O) groups excluding carboxylic acids is 3. The number of hydrogen-bond acceptors (Lipinski definition) is 6. The molecule has 0 radical (unpaired) electrons. The molecule has 1 atom stereocenters. The molecule has 0 bridgehead atoms. The van der Waals surface area contributed by atoms with Gasteiger partial charge in [-0.3, -0.25) is 14.4 Å². The standard InChI is InChI=1S/C69H114O6/c1-4-7-10-13-16-19-22-25-27-28-29-30-31-32-33-34-35-36-37-38-39-40-42-44-47-50-53-56-59-62-68(71)74-65-66(64-73-67(70)61-58-55-52-49-46-43-24-21-18-15-12-9-6-3)75-69(72)63-60-57-54-51-48-45-41-26-23-20-17-14-11-8-5-2/h7,10,12,15-17,19-21,24-27,29-30,32-33,35-36,41,66H,4-6,8-9,11,13-14,18,22-23,28,31,34,37-40,42-65H2,1-3H3/b10-7-,15-12-,19-16-,20-17-,24-21-,27-25-,30-29-,33-32-,36-35-,41-26-. The van der Waals surface area contributed by atoms with E-state index in [4.69, 9.17) is 14.2 Å². The Labute approximate surface area is 462 Å². The minimum atomic E-state index is -0.796. The number of unbranched alkanes of at least 4 members (excludes halogenated alkanes) is 24. The molecule has 0 aliphatic heterocycles. The van der Waals surface area contributed by atoms with Crippen LogP contribution in [0.2, 0.25) is 0 Å². The zero-order valence-electron chi connectivity index (χ0n) is 48.8. The Morgan fingerprint density at radius 1 is 0.280 bits per heavy atom. The second-order valence-corrected chi connectivity index (χ2v) is 20.2. The highest BCUT2D eigenvalue weighted by atomic mass is 16.6. The van der Waals surface area contributed by atoms with E-state index in [1.165, 1.54) is 83.5 Å². The summed E-state index contributed by atoms with van der Waals surface area (Å²) in [5.74, 6) is -0.923.